The second-order valence-electron chi connectivity index (χ2n) is 11.9. The largest absolute Gasteiger partial charge is 0.359 e. The van der Waals surface area contributed by atoms with E-state index in [2.05, 4.69) is 10.6 Å². The zero-order valence-electron chi connectivity index (χ0n) is 22.9. The smallest absolute Gasteiger partial charge is 0.246 e. The SMILES string of the molecule is Cc1ccc(CN2C(=O)[C@@H]3C(C(=O)Nc4cc(C)cc(C)c4)[C@@H]4C=CC3(O4)C2C(=O)NC2CCCCC2)cc1. The Morgan fingerprint density at radius 2 is 1.64 bits per heavy atom. The Bertz CT molecular complexity index is 1310. The van der Waals surface area contributed by atoms with Gasteiger partial charge in [0, 0.05) is 18.3 Å². The molecule has 2 N–H and O–H groups in total. The number of nitrogens with zero attached hydrogens (tertiary/aromatic N) is 1. The van der Waals surface area contributed by atoms with Crippen LogP contribution >= 0.6 is 0 Å². The molecule has 2 aromatic rings. The number of ether oxygens (including phenoxy) is 1. The van der Waals surface area contributed by atoms with E-state index in [0.29, 0.717) is 5.69 Å². The maximum atomic E-state index is 14.2. The summed E-state index contributed by atoms with van der Waals surface area (Å²) in [6.07, 6.45) is 8.46. The van der Waals surface area contributed by atoms with Crippen molar-refractivity contribution in [2.24, 2.45) is 11.8 Å². The van der Waals surface area contributed by atoms with E-state index in [4.69, 9.17) is 4.74 Å². The number of aryl methyl sites for hydroxylation is 3. The lowest BCUT2D eigenvalue weighted by Gasteiger charge is -2.34. The van der Waals surface area contributed by atoms with Crippen LogP contribution in [0.5, 0.6) is 0 Å². The van der Waals surface area contributed by atoms with Gasteiger partial charge in [0.25, 0.3) is 0 Å². The molecule has 0 radical (unpaired) electrons. The van der Waals surface area contributed by atoms with Gasteiger partial charge in [0.2, 0.25) is 17.7 Å². The lowest BCUT2D eigenvalue weighted by molar-refractivity contribution is -0.142. The van der Waals surface area contributed by atoms with Gasteiger partial charge < -0.3 is 20.3 Å². The van der Waals surface area contributed by atoms with Gasteiger partial charge in [-0.05, 0) is 62.4 Å². The van der Waals surface area contributed by atoms with Gasteiger partial charge in [-0.1, -0.05) is 67.3 Å². The molecule has 1 saturated carbocycles. The molecule has 39 heavy (non-hydrogen) atoms. The summed E-state index contributed by atoms with van der Waals surface area (Å²) in [7, 11) is 0. The zero-order valence-corrected chi connectivity index (χ0v) is 22.9. The van der Waals surface area contributed by atoms with Gasteiger partial charge >= 0.3 is 0 Å². The van der Waals surface area contributed by atoms with Crippen molar-refractivity contribution in [1.82, 2.24) is 10.2 Å². The number of carbonyl (C=O) groups is 3. The highest BCUT2D eigenvalue weighted by atomic mass is 16.5. The van der Waals surface area contributed by atoms with Crippen molar-refractivity contribution in [3.63, 3.8) is 0 Å². The van der Waals surface area contributed by atoms with Crippen LogP contribution in [0.4, 0.5) is 5.69 Å². The summed E-state index contributed by atoms with van der Waals surface area (Å²) in [5.74, 6) is -2.11. The second-order valence-corrected chi connectivity index (χ2v) is 11.9. The predicted octanol–water partition coefficient (Wildman–Crippen LogP) is 4.35. The summed E-state index contributed by atoms with van der Waals surface area (Å²) in [6, 6.07) is 13.2. The van der Waals surface area contributed by atoms with Crippen molar-refractivity contribution < 1.29 is 19.1 Å². The molecule has 0 aromatic heterocycles. The fraction of sp³-hybridized carbons (Fsp3) is 0.469. The van der Waals surface area contributed by atoms with E-state index >= 15 is 0 Å². The number of fused-ring (bicyclic) bond motifs is 1. The van der Waals surface area contributed by atoms with Gasteiger partial charge in [-0.2, -0.15) is 0 Å². The van der Waals surface area contributed by atoms with E-state index in [9.17, 15) is 14.4 Å². The van der Waals surface area contributed by atoms with Gasteiger partial charge in [0.15, 0.2) is 0 Å². The topological polar surface area (TPSA) is 87.7 Å². The van der Waals surface area contributed by atoms with Crippen molar-refractivity contribution in [3.8, 4) is 0 Å². The number of amides is 3. The summed E-state index contributed by atoms with van der Waals surface area (Å²) in [6.45, 7) is 6.28. The number of likely N-dealkylation sites (tertiary alicyclic amines) is 1. The third-order valence-electron chi connectivity index (χ3n) is 8.84. The summed E-state index contributed by atoms with van der Waals surface area (Å²) in [5, 5.41) is 6.28. The van der Waals surface area contributed by atoms with Gasteiger partial charge in [-0.15, -0.1) is 0 Å². The fourth-order valence-corrected chi connectivity index (χ4v) is 7.13. The van der Waals surface area contributed by atoms with E-state index in [1.807, 2.05) is 75.4 Å². The highest BCUT2D eigenvalue weighted by Crippen LogP contribution is 2.55. The molecule has 4 aliphatic rings. The molecule has 2 saturated heterocycles. The molecule has 5 atom stereocenters. The van der Waals surface area contributed by atoms with Gasteiger partial charge in [0.1, 0.15) is 11.6 Å². The first-order valence-corrected chi connectivity index (χ1v) is 14.2. The Kier molecular flexibility index (Phi) is 6.58. The summed E-state index contributed by atoms with van der Waals surface area (Å²) in [4.78, 5) is 43.5. The number of benzene rings is 2. The molecule has 3 unspecified atom stereocenters. The maximum Gasteiger partial charge on any atom is 0.246 e. The molecule has 6 rings (SSSR count). The molecule has 7 heteroatoms. The van der Waals surface area contributed by atoms with Crippen LogP contribution in [-0.4, -0.2) is 46.4 Å². The van der Waals surface area contributed by atoms with Crippen molar-refractivity contribution in [2.75, 3.05) is 5.32 Å². The van der Waals surface area contributed by atoms with E-state index in [1.54, 1.807) is 4.90 Å². The lowest BCUT2D eigenvalue weighted by atomic mass is 9.74. The minimum Gasteiger partial charge on any atom is -0.359 e. The van der Waals surface area contributed by atoms with Crippen molar-refractivity contribution in [3.05, 3.63) is 76.9 Å². The monoisotopic (exact) mass is 527 g/mol. The molecule has 1 aliphatic carbocycles. The fourth-order valence-electron chi connectivity index (χ4n) is 7.13. The first kappa shape index (κ1) is 25.8. The van der Waals surface area contributed by atoms with E-state index < -0.39 is 29.6 Å². The molecule has 7 nitrogen and oxygen atoms in total. The summed E-state index contributed by atoms with van der Waals surface area (Å²) in [5.41, 5.74) is 3.71. The quantitative estimate of drug-likeness (QED) is 0.547. The average Bonchev–Trinajstić information content (AvgIpc) is 3.53. The van der Waals surface area contributed by atoms with Crippen LogP contribution in [0.1, 0.15) is 54.4 Å². The highest BCUT2D eigenvalue weighted by Gasteiger charge is 2.72. The molecule has 2 aromatic carbocycles. The van der Waals surface area contributed by atoms with Crippen LogP contribution in [0.15, 0.2) is 54.6 Å². The minimum absolute atomic E-state index is 0.101. The number of anilines is 1. The average molecular weight is 528 g/mol. The van der Waals surface area contributed by atoms with Gasteiger partial charge in [0.05, 0.1) is 17.9 Å². The Morgan fingerprint density at radius 3 is 2.33 bits per heavy atom. The molecule has 1 spiro atoms. The molecule has 3 aliphatic heterocycles. The summed E-state index contributed by atoms with van der Waals surface area (Å²) < 4.78 is 6.49. The lowest BCUT2D eigenvalue weighted by Crippen LogP contribution is -2.56. The third-order valence-corrected chi connectivity index (χ3v) is 8.84. The van der Waals surface area contributed by atoms with Crippen molar-refractivity contribution >= 4 is 23.4 Å². The Balaban J connectivity index is 1.32. The van der Waals surface area contributed by atoms with E-state index in [-0.39, 0.29) is 30.3 Å². The first-order chi connectivity index (χ1) is 18.7. The molecule has 3 fully saturated rings. The van der Waals surface area contributed by atoms with Crippen LogP contribution in [0.3, 0.4) is 0 Å². The summed E-state index contributed by atoms with van der Waals surface area (Å²) >= 11 is 0. The predicted molar refractivity (Wildman–Crippen MR) is 149 cm³/mol. The molecular weight excluding hydrogens is 490 g/mol. The molecule has 204 valence electrons. The maximum absolute atomic E-state index is 14.2. The van der Waals surface area contributed by atoms with Gasteiger partial charge in [-0.25, -0.2) is 0 Å². The molecule has 2 bridgehead atoms. The number of hydrogen-bond donors (Lipinski definition) is 2. The van der Waals surface area contributed by atoms with E-state index in [0.717, 1.165) is 47.9 Å². The zero-order chi connectivity index (χ0) is 27.3. The number of hydrogen-bond acceptors (Lipinski definition) is 4. The minimum atomic E-state index is -1.16. The van der Waals surface area contributed by atoms with Gasteiger partial charge in [-0.3, -0.25) is 14.4 Å². The van der Waals surface area contributed by atoms with Crippen LogP contribution in [0.25, 0.3) is 0 Å². The first-order valence-electron chi connectivity index (χ1n) is 14.2. The van der Waals surface area contributed by atoms with Crippen LogP contribution in [0.2, 0.25) is 0 Å². The third kappa shape index (κ3) is 4.56. The standard InChI is InChI=1S/C32H37N3O4/c1-19-9-11-22(12-10-19)18-35-28(30(37)33-23-7-5-4-6-8-23)32-14-13-25(39-32)26(27(32)31(35)38)29(36)34-24-16-20(2)15-21(3)17-24/h9-17,23,25-28H,4-8,18H2,1-3H3,(H,33,37)(H,34,36)/t25-,26?,27-,28?,32?/m0/s1. The Morgan fingerprint density at radius 1 is 0.949 bits per heavy atom. The molecule has 3 amide bonds. The Labute approximate surface area is 230 Å². The van der Waals surface area contributed by atoms with Crippen molar-refractivity contribution in [1.29, 1.82) is 0 Å². The van der Waals surface area contributed by atoms with Crippen LogP contribution in [-0.2, 0) is 25.7 Å². The van der Waals surface area contributed by atoms with Crippen LogP contribution < -0.4 is 10.6 Å². The molecule has 3 heterocycles. The van der Waals surface area contributed by atoms with Crippen molar-refractivity contribution in [2.45, 2.75) is 83.2 Å². The number of nitrogens with one attached hydrogen (secondary N) is 2. The Hall–Kier alpha value is -3.45. The molecular formula is C32H37N3O4. The normalized spacial score (nSPS) is 29.5. The van der Waals surface area contributed by atoms with E-state index in [1.165, 1.54) is 6.42 Å². The number of carbonyl (C=O) groups excluding carboxylic acids is 3. The highest BCUT2D eigenvalue weighted by molar-refractivity contribution is 6.02. The number of rotatable bonds is 6. The van der Waals surface area contributed by atoms with Crippen LogP contribution in [0, 0.1) is 32.6 Å². The second kappa shape index (κ2) is 9.94.